The average Bonchev–Trinajstić information content (AvgIpc) is 3.06. The van der Waals surface area contributed by atoms with Crippen molar-refractivity contribution in [3.05, 3.63) is 35.4 Å². The summed E-state index contributed by atoms with van der Waals surface area (Å²) >= 11 is 6.26. The molecule has 0 spiro atoms. The Morgan fingerprint density at radius 3 is 2.60 bits per heavy atom. The number of nitrogens with zero attached hydrogens (tertiary/aromatic N) is 4. The van der Waals surface area contributed by atoms with Crippen LogP contribution in [0.15, 0.2) is 24.5 Å². The maximum atomic E-state index is 13.3. The number of nitrogens with one attached hydrogen (secondary N) is 1. The summed E-state index contributed by atoms with van der Waals surface area (Å²) in [5.41, 5.74) is -0.650. The third kappa shape index (κ3) is 4.70. The fourth-order valence-electron chi connectivity index (χ4n) is 3.58. The molecule has 1 fully saturated rings. The van der Waals surface area contributed by atoms with Gasteiger partial charge in [-0.2, -0.15) is 0 Å². The van der Waals surface area contributed by atoms with E-state index in [1.165, 1.54) is 4.90 Å². The lowest BCUT2D eigenvalue weighted by Gasteiger charge is -2.40. The maximum Gasteiger partial charge on any atom is 0.411 e. The van der Waals surface area contributed by atoms with E-state index in [1.807, 2.05) is 63.2 Å². The number of rotatable bonds is 3. The molecule has 3 rings (SSSR count). The van der Waals surface area contributed by atoms with Gasteiger partial charge < -0.3 is 19.4 Å². The Kier molecular flexibility index (Phi) is 6.02. The van der Waals surface area contributed by atoms with Crippen LogP contribution >= 0.6 is 11.6 Å². The van der Waals surface area contributed by atoms with Crippen LogP contribution in [0, 0.1) is 0 Å². The Morgan fingerprint density at radius 1 is 1.23 bits per heavy atom. The van der Waals surface area contributed by atoms with Gasteiger partial charge in [-0.25, -0.2) is 9.78 Å². The van der Waals surface area contributed by atoms with Crippen molar-refractivity contribution < 1.29 is 14.3 Å². The predicted molar refractivity (Wildman–Crippen MR) is 116 cm³/mol. The van der Waals surface area contributed by atoms with Crippen LogP contribution in [0.5, 0.6) is 0 Å². The lowest BCUT2D eigenvalue weighted by Crippen LogP contribution is -2.62. The van der Waals surface area contributed by atoms with E-state index in [4.69, 9.17) is 16.3 Å². The number of halogens is 1. The second kappa shape index (κ2) is 8.07. The number of hydrogen-bond acceptors (Lipinski definition) is 5. The summed E-state index contributed by atoms with van der Waals surface area (Å²) < 4.78 is 7.39. The number of hydrogen-bond donors (Lipinski definition) is 1. The first-order valence-electron chi connectivity index (χ1n) is 10.0. The molecule has 1 atom stereocenters. The van der Waals surface area contributed by atoms with E-state index in [0.717, 1.165) is 5.52 Å². The van der Waals surface area contributed by atoms with Crippen molar-refractivity contribution in [3.8, 4) is 0 Å². The van der Waals surface area contributed by atoms with Gasteiger partial charge in [0.25, 0.3) is 0 Å². The second-order valence-corrected chi connectivity index (χ2v) is 9.67. The van der Waals surface area contributed by atoms with Gasteiger partial charge in [-0.05, 0) is 53.8 Å². The third-order valence-electron chi connectivity index (χ3n) is 5.03. The molecule has 1 aliphatic rings. The fraction of sp³-hybridized carbons (Fsp3) is 0.571. The van der Waals surface area contributed by atoms with E-state index in [-0.39, 0.29) is 5.91 Å². The number of ether oxygens (including phenoxy) is 1. The highest BCUT2D eigenvalue weighted by atomic mass is 35.5. The second-order valence-electron chi connectivity index (χ2n) is 9.26. The highest BCUT2D eigenvalue weighted by Gasteiger charge is 2.39. The van der Waals surface area contributed by atoms with Crippen LogP contribution in [-0.4, -0.2) is 69.5 Å². The molecule has 2 aromatic rings. The Bertz CT molecular complexity index is 950. The molecule has 3 heterocycles. The number of carbonyl (C=O) groups excluding carboxylic acids is 2. The highest BCUT2D eigenvalue weighted by Crippen LogP contribution is 2.25. The van der Waals surface area contributed by atoms with Crippen molar-refractivity contribution >= 4 is 29.1 Å². The normalized spacial score (nSPS) is 18.5. The Balaban J connectivity index is 1.83. The minimum atomic E-state index is -0.788. The first-order chi connectivity index (χ1) is 13.9. The zero-order valence-electron chi connectivity index (χ0n) is 18.4. The molecule has 1 N–H and O–H groups in total. The van der Waals surface area contributed by atoms with Gasteiger partial charge in [-0.1, -0.05) is 11.6 Å². The molecule has 0 aliphatic carbocycles. The fourth-order valence-corrected chi connectivity index (χ4v) is 3.79. The minimum Gasteiger partial charge on any atom is -0.444 e. The summed E-state index contributed by atoms with van der Waals surface area (Å²) in [7, 11) is 1.93. The topological polar surface area (TPSA) is 79.2 Å². The SMILES string of the molecule is CN1CCN(C(=O)OC(C)(C)C)[C@H](C(=O)NC(C)(C)c2ncc3c(Cl)cccn23)C1. The largest absolute Gasteiger partial charge is 0.444 e. The standard InChI is InChI=1S/C21H30ClN5O3/c1-20(2,3)30-19(29)27-11-10-25(6)13-16(27)17(28)24-21(4,5)18-23-12-15-14(22)8-7-9-26(15)18/h7-9,12,16H,10-11,13H2,1-6H3,(H,24,28)/t16-/m0/s1. The first-order valence-corrected chi connectivity index (χ1v) is 10.4. The molecule has 0 saturated carbocycles. The molecule has 30 heavy (non-hydrogen) atoms. The van der Waals surface area contributed by atoms with E-state index in [9.17, 15) is 9.59 Å². The zero-order valence-corrected chi connectivity index (χ0v) is 19.2. The van der Waals surface area contributed by atoms with Crippen LogP contribution < -0.4 is 5.32 Å². The van der Waals surface area contributed by atoms with Crippen molar-refractivity contribution in [3.63, 3.8) is 0 Å². The van der Waals surface area contributed by atoms with Gasteiger partial charge in [0.2, 0.25) is 5.91 Å². The monoisotopic (exact) mass is 435 g/mol. The van der Waals surface area contributed by atoms with E-state index in [1.54, 1.807) is 12.3 Å². The molecule has 0 aromatic carbocycles. The summed E-state index contributed by atoms with van der Waals surface area (Å²) in [5, 5.41) is 3.65. The lowest BCUT2D eigenvalue weighted by atomic mass is 10.0. The summed E-state index contributed by atoms with van der Waals surface area (Å²) in [4.78, 5) is 34.0. The zero-order chi connectivity index (χ0) is 22.3. The molecule has 2 amide bonds. The molecule has 0 bridgehead atoms. The van der Waals surface area contributed by atoms with E-state index in [0.29, 0.717) is 30.5 Å². The summed E-state index contributed by atoms with van der Waals surface area (Å²) in [5.74, 6) is 0.400. The van der Waals surface area contributed by atoms with Crippen molar-refractivity contribution in [2.45, 2.75) is 51.8 Å². The Hall–Kier alpha value is -2.32. The molecule has 9 heteroatoms. The van der Waals surface area contributed by atoms with Gasteiger partial charge in [0.15, 0.2) is 0 Å². The van der Waals surface area contributed by atoms with Gasteiger partial charge in [-0.15, -0.1) is 0 Å². The molecule has 0 radical (unpaired) electrons. The van der Waals surface area contributed by atoms with Crippen molar-refractivity contribution in [1.29, 1.82) is 0 Å². The molecule has 164 valence electrons. The van der Waals surface area contributed by atoms with Crippen LogP contribution in [0.4, 0.5) is 4.79 Å². The smallest absolute Gasteiger partial charge is 0.411 e. The van der Waals surface area contributed by atoms with E-state index in [2.05, 4.69) is 10.3 Å². The lowest BCUT2D eigenvalue weighted by molar-refractivity contribution is -0.130. The molecule has 1 saturated heterocycles. The summed E-state index contributed by atoms with van der Waals surface area (Å²) in [6.45, 7) is 10.7. The number of imidazole rings is 1. The summed E-state index contributed by atoms with van der Waals surface area (Å²) in [6, 6.07) is 2.97. The first kappa shape index (κ1) is 22.4. The van der Waals surface area contributed by atoms with Gasteiger partial charge in [0.1, 0.15) is 17.5 Å². The van der Waals surface area contributed by atoms with Crippen LogP contribution in [-0.2, 0) is 15.1 Å². The number of pyridine rings is 1. The molecule has 2 aromatic heterocycles. The Labute approximate surface area is 182 Å². The average molecular weight is 436 g/mol. The number of piperazine rings is 1. The number of aromatic nitrogens is 2. The van der Waals surface area contributed by atoms with E-state index >= 15 is 0 Å². The molecule has 8 nitrogen and oxygen atoms in total. The molecule has 0 unspecified atom stereocenters. The molecular weight excluding hydrogens is 406 g/mol. The summed E-state index contributed by atoms with van der Waals surface area (Å²) in [6.07, 6.45) is 3.07. The van der Waals surface area contributed by atoms with Gasteiger partial charge in [0.05, 0.1) is 22.3 Å². The van der Waals surface area contributed by atoms with Crippen LogP contribution in [0.25, 0.3) is 5.52 Å². The number of likely N-dealkylation sites (N-methyl/N-ethyl adjacent to an activating group) is 1. The number of carbonyl (C=O) groups is 2. The van der Waals surface area contributed by atoms with Crippen molar-refractivity contribution in [1.82, 2.24) is 24.5 Å². The molecule has 1 aliphatic heterocycles. The van der Waals surface area contributed by atoms with Gasteiger partial charge >= 0.3 is 6.09 Å². The number of fused-ring (bicyclic) bond motifs is 1. The van der Waals surface area contributed by atoms with Gasteiger partial charge in [0, 0.05) is 25.8 Å². The maximum absolute atomic E-state index is 13.3. The number of amides is 2. The van der Waals surface area contributed by atoms with Gasteiger partial charge in [-0.3, -0.25) is 9.69 Å². The Morgan fingerprint density at radius 2 is 1.93 bits per heavy atom. The van der Waals surface area contributed by atoms with Crippen molar-refractivity contribution in [2.75, 3.05) is 26.7 Å². The molecular formula is C21H30ClN5O3. The van der Waals surface area contributed by atoms with Crippen LogP contribution in [0.3, 0.4) is 0 Å². The van der Waals surface area contributed by atoms with Crippen molar-refractivity contribution in [2.24, 2.45) is 0 Å². The quantitative estimate of drug-likeness (QED) is 0.801. The minimum absolute atomic E-state index is 0.254. The predicted octanol–water partition coefficient (Wildman–Crippen LogP) is 2.89. The third-order valence-corrected chi connectivity index (χ3v) is 5.35. The highest BCUT2D eigenvalue weighted by molar-refractivity contribution is 6.33. The van der Waals surface area contributed by atoms with E-state index < -0.39 is 23.3 Å². The van der Waals surface area contributed by atoms with Crippen LogP contribution in [0.1, 0.15) is 40.4 Å². The van der Waals surface area contributed by atoms with Crippen LogP contribution in [0.2, 0.25) is 5.02 Å².